The van der Waals surface area contributed by atoms with E-state index < -0.39 is 11.0 Å². The number of carbonyl (C=O) groups is 1. The molecular formula is C42H43NO3S2. The van der Waals surface area contributed by atoms with Gasteiger partial charge in [0.1, 0.15) is 0 Å². The summed E-state index contributed by atoms with van der Waals surface area (Å²) in [6.07, 6.45) is 12.7. The molecule has 10 rings (SSSR count). The summed E-state index contributed by atoms with van der Waals surface area (Å²) in [7, 11) is 0. The monoisotopic (exact) mass is 673 g/mol. The van der Waals surface area contributed by atoms with E-state index in [4.69, 9.17) is 4.98 Å². The van der Waals surface area contributed by atoms with Crippen LogP contribution < -0.4 is 0 Å². The van der Waals surface area contributed by atoms with E-state index in [0.29, 0.717) is 12.2 Å². The third-order valence-corrected chi connectivity index (χ3v) is 16.3. The smallest absolute Gasteiger partial charge is 0.189 e. The van der Waals surface area contributed by atoms with Crippen LogP contribution in [-0.2, 0) is 0 Å². The fourth-order valence-corrected chi connectivity index (χ4v) is 13.6. The first-order chi connectivity index (χ1) is 23.1. The van der Waals surface area contributed by atoms with E-state index in [1.807, 2.05) is 36.4 Å². The van der Waals surface area contributed by atoms with E-state index in [-0.39, 0.29) is 40.0 Å². The quantitative estimate of drug-likeness (QED) is 0.121. The van der Waals surface area contributed by atoms with Gasteiger partial charge in [-0.3, -0.25) is 4.79 Å². The van der Waals surface area contributed by atoms with Crippen LogP contribution in [0.2, 0.25) is 0 Å². The number of hydrogen-bond acceptors (Lipinski definition) is 6. The van der Waals surface area contributed by atoms with Gasteiger partial charge in [0, 0.05) is 33.1 Å². The van der Waals surface area contributed by atoms with Crippen molar-refractivity contribution in [3.8, 4) is 11.1 Å². The van der Waals surface area contributed by atoms with Crippen LogP contribution in [0.15, 0.2) is 107 Å². The van der Waals surface area contributed by atoms with E-state index in [0.717, 1.165) is 70.6 Å². The van der Waals surface area contributed by atoms with Crippen molar-refractivity contribution in [2.75, 3.05) is 5.75 Å². The third kappa shape index (κ3) is 4.15. The van der Waals surface area contributed by atoms with Gasteiger partial charge in [0.2, 0.25) is 0 Å². The summed E-state index contributed by atoms with van der Waals surface area (Å²) >= 11 is 3.40. The number of para-hydroxylation sites is 1. The number of rotatable bonds is 6. The van der Waals surface area contributed by atoms with Gasteiger partial charge in [0.05, 0.1) is 21.9 Å². The summed E-state index contributed by atoms with van der Waals surface area (Å²) in [4.78, 5) is 19.8. The molecule has 6 heteroatoms. The van der Waals surface area contributed by atoms with Crippen LogP contribution in [0.1, 0.15) is 69.2 Å². The number of hydrogen-bond donors (Lipinski definition) is 2. The van der Waals surface area contributed by atoms with E-state index in [9.17, 15) is 15.0 Å². The van der Waals surface area contributed by atoms with Crippen molar-refractivity contribution in [1.29, 1.82) is 0 Å². The lowest BCUT2D eigenvalue weighted by atomic mass is 9.32. The standard InChI is InChI=1S/C42H43NO3S2/c1-38-19-16-30(44)24-40(38)22-23-42(31(25-40)36(45)29-14-12-28(13-15-29)27-8-4-3-5-9-27)34(38)17-20-39(2)35(42)18-21-41(39,46)26-47-37-43-32-10-6-7-11-33(32)48-37/h3-15,22-23,25,30,34-35,44,46H,16-21,24,26H2,1-2H3/t30?,34-,35-,38-,39+,40+,41-,42-/m1/s1. The predicted octanol–water partition coefficient (Wildman–Crippen LogP) is 9.53. The molecule has 4 aromatic rings. The number of aliphatic hydroxyl groups is 2. The zero-order valence-corrected chi connectivity index (χ0v) is 29.3. The molecule has 0 radical (unpaired) electrons. The minimum absolute atomic E-state index is 0.0420. The summed E-state index contributed by atoms with van der Waals surface area (Å²) in [5, 5.41) is 23.7. The van der Waals surface area contributed by atoms with Gasteiger partial charge in [0.15, 0.2) is 10.1 Å². The predicted molar refractivity (Wildman–Crippen MR) is 195 cm³/mol. The number of carbonyl (C=O) groups excluding carboxylic acids is 1. The van der Waals surface area contributed by atoms with Gasteiger partial charge >= 0.3 is 0 Å². The Kier molecular flexibility index (Phi) is 6.93. The molecule has 1 heterocycles. The number of aromatic nitrogens is 1. The van der Waals surface area contributed by atoms with Gasteiger partial charge in [-0.1, -0.05) is 111 Å². The first-order valence-electron chi connectivity index (χ1n) is 17.6. The van der Waals surface area contributed by atoms with Crippen molar-refractivity contribution in [2.24, 2.45) is 33.5 Å². The lowest BCUT2D eigenvalue weighted by molar-refractivity contribution is -0.166. The van der Waals surface area contributed by atoms with Gasteiger partial charge in [-0.2, -0.15) is 0 Å². The van der Waals surface area contributed by atoms with E-state index in [2.05, 4.69) is 74.5 Å². The van der Waals surface area contributed by atoms with Crippen molar-refractivity contribution < 1.29 is 15.0 Å². The van der Waals surface area contributed by atoms with E-state index >= 15 is 0 Å². The lowest BCUT2D eigenvalue weighted by Gasteiger charge is -2.71. The number of benzene rings is 3. The Bertz CT molecular complexity index is 1950. The molecule has 2 bridgehead atoms. The largest absolute Gasteiger partial charge is 0.393 e. The summed E-state index contributed by atoms with van der Waals surface area (Å²) in [6, 6.07) is 26.7. The minimum Gasteiger partial charge on any atom is -0.393 e. The molecule has 1 unspecified atom stereocenters. The molecule has 3 aromatic carbocycles. The highest BCUT2D eigenvalue weighted by Gasteiger charge is 2.74. The van der Waals surface area contributed by atoms with Crippen LogP contribution in [0, 0.1) is 33.5 Å². The van der Waals surface area contributed by atoms with E-state index in [1.165, 1.54) is 4.70 Å². The SMILES string of the molecule is C[C@]12CC[C@H]3[C@]4(C=C[C@@]5(C=C4C(=O)c4ccc(-c6ccccc6)cc4)CC(O)CC[C@]35C)[C@@H]1CC[C@@]2(O)CSc1nc2ccccc2s1. The summed E-state index contributed by atoms with van der Waals surface area (Å²) in [5.41, 5.74) is 2.83. The molecule has 3 fully saturated rings. The first-order valence-corrected chi connectivity index (χ1v) is 19.4. The Morgan fingerprint density at radius 1 is 0.854 bits per heavy atom. The maximum absolute atomic E-state index is 15.0. The molecule has 0 saturated heterocycles. The van der Waals surface area contributed by atoms with Crippen LogP contribution in [0.5, 0.6) is 0 Å². The van der Waals surface area contributed by atoms with Crippen LogP contribution in [-0.4, -0.2) is 38.4 Å². The Balaban J connectivity index is 1.11. The number of thioether (sulfide) groups is 1. The molecule has 3 saturated carbocycles. The maximum atomic E-state index is 15.0. The zero-order valence-electron chi connectivity index (χ0n) is 27.7. The van der Waals surface area contributed by atoms with Gasteiger partial charge in [0.25, 0.3) is 0 Å². The average Bonchev–Trinajstić information content (AvgIpc) is 3.65. The van der Waals surface area contributed by atoms with Crippen molar-refractivity contribution >= 4 is 39.1 Å². The molecule has 6 aliphatic carbocycles. The fourth-order valence-electron chi connectivity index (χ4n) is 11.3. The molecule has 4 nitrogen and oxygen atoms in total. The molecule has 8 atom stereocenters. The number of ketones is 1. The number of thiazole rings is 1. The lowest BCUT2D eigenvalue weighted by Crippen LogP contribution is -2.67. The van der Waals surface area contributed by atoms with Crippen LogP contribution >= 0.6 is 23.1 Å². The molecule has 1 aromatic heterocycles. The average molecular weight is 674 g/mol. The molecule has 6 aliphatic rings. The Labute approximate surface area is 291 Å². The Hall–Kier alpha value is -3.03. The van der Waals surface area contributed by atoms with Crippen molar-refractivity contribution in [3.05, 3.63) is 108 Å². The first kappa shape index (κ1) is 31.0. The molecular weight excluding hydrogens is 631 g/mol. The minimum atomic E-state index is -0.866. The number of nitrogens with zero attached hydrogens (tertiary/aromatic N) is 1. The highest BCUT2D eigenvalue weighted by molar-refractivity contribution is 8.01. The van der Waals surface area contributed by atoms with Crippen molar-refractivity contribution in [3.63, 3.8) is 0 Å². The molecule has 0 aliphatic heterocycles. The van der Waals surface area contributed by atoms with Crippen LogP contribution in [0.3, 0.4) is 0 Å². The van der Waals surface area contributed by atoms with Crippen LogP contribution in [0.4, 0.5) is 0 Å². The number of Topliss-reactive ketones (excluding diaryl/α,β-unsaturated/α-hetero) is 1. The summed E-state index contributed by atoms with van der Waals surface area (Å²) < 4.78 is 2.18. The number of fused-ring (bicyclic) bond motifs is 2. The zero-order chi connectivity index (χ0) is 32.9. The van der Waals surface area contributed by atoms with Gasteiger partial charge < -0.3 is 10.2 Å². The molecule has 2 N–H and O–H groups in total. The second-order valence-electron chi connectivity index (χ2n) is 15.8. The van der Waals surface area contributed by atoms with Crippen LogP contribution in [0.25, 0.3) is 21.3 Å². The normalized spacial score (nSPS) is 37.9. The third-order valence-electron chi connectivity index (χ3n) is 13.9. The van der Waals surface area contributed by atoms with Crippen molar-refractivity contribution in [1.82, 2.24) is 4.98 Å². The summed E-state index contributed by atoms with van der Waals surface area (Å²) in [6.45, 7) is 4.77. The highest BCUT2D eigenvalue weighted by atomic mass is 32.2. The maximum Gasteiger partial charge on any atom is 0.189 e. The second kappa shape index (κ2) is 10.7. The topological polar surface area (TPSA) is 70.4 Å². The number of aliphatic hydroxyl groups excluding tert-OH is 1. The number of allylic oxidation sites excluding steroid dienone is 4. The van der Waals surface area contributed by atoms with Gasteiger partial charge in [-0.25, -0.2) is 4.98 Å². The summed E-state index contributed by atoms with van der Waals surface area (Å²) in [5.74, 6) is 1.13. The molecule has 246 valence electrons. The second-order valence-corrected chi connectivity index (χ2v) is 18.1. The van der Waals surface area contributed by atoms with Gasteiger partial charge in [-0.15, -0.1) is 11.3 Å². The Morgan fingerprint density at radius 2 is 1.54 bits per heavy atom. The van der Waals surface area contributed by atoms with E-state index in [1.54, 1.807) is 23.1 Å². The van der Waals surface area contributed by atoms with Crippen molar-refractivity contribution in [2.45, 2.75) is 74.8 Å². The molecule has 48 heavy (non-hydrogen) atoms. The van der Waals surface area contributed by atoms with Gasteiger partial charge in [-0.05, 0) is 85.5 Å². The Morgan fingerprint density at radius 3 is 2.33 bits per heavy atom. The molecule has 0 amide bonds. The highest BCUT2D eigenvalue weighted by Crippen LogP contribution is 2.78. The fraction of sp³-hybridized carbons (Fsp3) is 0.429. The molecule has 2 spiro atoms.